The van der Waals surface area contributed by atoms with Crippen molar-refractivity contribution in [1.82, 2.24) is 0 Å². The van der Waals surface area contributed by atoms with E-state index < -0.39 is 0 Å². The first-order chi connectivity index (χ1) is 10.5. The van der Waals surface area contributed by atoms with Crippen molar-refractivity contribution in [3.05, 3.63) is 59.7 Å². The smallest absolute Gasteiger partial charge is 0.226 e. The van der Waals surface area contributed by atoms with Crippen LogP contribution in [0.25, 0.3) is 0 Å². The van der Waals surface area contributed by atoms with Crippen LogP contribution in [0.2, 0.25) is 0 Å². The van der Waals surface area contributed by atoms with Gasteiger partial charge in [0, 0.05) is 24.3 Å². The van der Waals surface area contributed by atoms with Crippen molar-refractivity contribution in [3.63, 3.8) is 0 Å². The number of benzene rings is 2. The maximum atomic E-state index is 11.9. The van der Waals surface area contributed by atoms with Crippen LogP contribution < -0.4 is 10.6 Å². The highest BCUT2D eigenvalue weighted by Crippen LogP contribution is 2.17. The molecule has 2 rings (SSSR count). The van der Waals surface area contributed by atoms with Gasteiger partial charge >= 0.3 is 0 Å². The number of anilines is 2. The van der Waals surface area contributed by atoms with Crippen LogP contribution in [0, 0.1) is 6.92 Å². The zero-order valence-electron chi connectivity index (χ0n) is 13.5. The van der Waals surface area contributed by atoms with Gasteiger partial charge in [0.05, 0.1) is 0 Å². The molecule has 0 spiro atoms. The summed E-state index contributed by atoms with van der Waals surface area (Å²) in [5, 5.41) is 6.19. The summed E-state index contributed by atoms with van der Waals surface area (Å²) in [5.41, 5.74) is 4.36. The average molecular weight is 296 g/mol. The van der Waals surface area contributed by atoms with Gasteiger partial charge in [0.2, 0.25) is 5.91 Å². The van der Waals surface area contributed by atoms with E-state index in [0.717, 1.165) is 16.9 Å². The lowest BCUT2D eigenvalue weighted by molar-refractivity contribution is -0.115. The van der Waals surface area contributed by atoms with Crippen LogP contribution in [0.5, 0.6) is 0 Å². The Morgan fingerprint density at radius 2 is 1.77 bits per heavy atom. The molecule has 0 saturated carbocycles. The standard InChI is InChI=1S/C19H24N2O/c1-14(2)16-7-9-17(10-8-16)20-12-11-19(22)21-18-6-4-5-15(3)13-18/h4-10,13-14,20H,11-12H2,1-3H3,(H,21,22). The van der Waals surface area contributed by atoms with Gasteiger partial charge in [-0.3, -0.25) is 4.79 Å². The maximum absolute atomic E-state index is 11.9. The molecule has 0 fully saturated rings. The normalized spacial score (nSPS) is 10.5. The monoisotopic (exact) mass is 296 g/mol. The highest BCUT2D eigenvalue weighted by Gasteiger charge is 2.03. The van der Waals surface area contributed by atoms with Crippen molar-refractivity contribution in [2.75, 3.05) is 17.2 Å². The molecular weight excluding hydrogens is 272 g/mol. The SMILES string of the molecule is Cc1cccc(NC(=O)CCNc2ccc(C(C)C)cc2)c1. The zero-order chi connectivity index (χ0) is 15.9. The van der Waals surface area contributed by atoms with E-state index in [4.69, 9.17) is 0 Å². The fourth-order valence-electron chi connectivity index (χ4n) is 2.25. The molecule has 2 N–H and O–H groups in total. The molecule has 3 heteroatoms. The van der Waals surface area contributed by atoms with Crippen LogP contribution in [0.1, 0.15) is 37.3 Å². The average Bonchev–Trinajstić information content (AvgIpc) is 2.47. The summed E-state index contributed by atoms with van der Waals surface area (Å²) in [5.74, 6) is 0.561. The number of carbonyl (C=O) groups excluding carboxylic acids is 1. The van der Waals surface area contributed by atoms with E-state index in [2.05, 4.69) is 48.7 Å². The minimum Gasteiger partial charge on any atom is -0.385 e. The third-order valence-corrected chi connectivity index (χ3v) is 3.56. The van der Waals surface area contributed by atoms with Crippen molar-refractivity contribution in [1.29, 1.82) is 0 Å². The Balaban J connectivity index is 1.77. The largest absolute Gasteiger partial charge is 0.385 e. The molecule has 0 aliphatic rings. The minimum absolute atomic E-state index is 0.0249. The van der Waals surface area contributed by atoms with Crippen molar-refractivity contribution >= 4 is 17.3 Å². The predicted molar refractivity (Wildman–Crippen MR) is 93.4 cm³/mol. The Hall–Kier alpha value is -2.29. The van der Waals surface area contributed by atoms with Crippen LogP contribution >= 0.6 is 0 Å². The summed E-state index contributed by atoms with van der Waals surface area (Å²) in [6, 6.07) is 16.2. The fourth-order valence-corrected chi connectivity index (χ4v) is 2.25. The number of nitrogens with one attached hydrogen (secondary N) is 2. The van der Waals surface area contributed by atoms with Crippen LogP contribution in [0.15, 0.2) is 48.5 Å². The zero-order valence-corrected chi connectivity index (χ0v) is 13.5. The summed E-state index contributed by atoms with van der Waals surface area (Å²) in [4.78, 5) is 11.9. The molecule has 116 valence electrons. The lowest BCUT2D eigenvalue weighted by Gasteiger charge is -2.10. The molecular formula is C19H24N2O. The van der Waals surface area contributed by atoms with Crippen molar-refractivity contribution in [3.8, 4) is 0 Å². The van der Waals surface area contributed by atoms with Gasteiger partial charge in [0.1, 0.15) is 0 Å². The molecule has 0 aromatic heterocycles. The first-order valence-electron chi connectivity index (χ1n) is 7.75. The molecule has 0 unspecified atom stereocenters. The Labute approximate surface area is 132 Å². The summed E-state index contributed by atoms with van der Waals surface area (Å²) < 4.78 is 0. The summed E-state index contributed by atoms with van der Waals surface area (Å²) in [7, 11) is 0. The van der Waals surface area contributed by atoms with E-state index in [1.54, 1.807) is 0 Å². The van der Waals surface area contributed by atoms with Crippen molar-refractivity contribution < 1.29 is 4.79 Å². The molecule has 0 aliphatic heterocycles. The lowest BCUT2D eigenvalue weighted by atomic mass is 10.0. The lowest BCUT2D eigenvalue weighted by Crippen LogP contribution is -2.16. The van der Waals surface area contributed by atoms with E-state index in [9.17, 15) is 4.79 Å². The van der Waals surface area contributed by atoms with E-state index in [1.807, 2.05) is 31.2 Å². The summed E-state index contributed by atoms with van der Waals surface area (Å²) in [6.45, 7) is 6.99. The molecule has 0 aliphatic carbocycles. The maximum Gasteiger partial charge on any atom is 0.226 e. The number of amides is 1. The fraction of sp³-hybridized carbons (Fsp3) is 0.316. The molecule has 0 heterocycles. The van der Waals surface area contributed by atoms with Crippen LogP contribution in [-0.4, -0.2) is 12.5 Å². The molecule has 2 aromatic carbocycles. The number of carbonyl (C=O) groups is 1. The number of hydrogen-bond acceptors (Lipinski definition) is 2. The second-order valence-electron chi connectivity index (χ2n) is 5.87. The number of hydrogen-bond donors (Lipinski definition) is 2. The highest BCUT2D eigenvalue weighted by atomic mass is 16.1. The van der Waals surface area contributed by atoms with Gasteiger partial charge in [0.25, 0.3) is 0 Å². The summed E-state index contributed by atoms with van der Waals surface area (Å²) in [6.07, 6.45) is 0.444. The van der Waals surface area contributed by atoms with Crippen LogP contribution in [0.3, 0.4) is 0 Å². The predicted octanol–water partition coefficient (Wildman–Crippen LogP) is 4.56. The van der Waals surface area contributed by atoms with Crippen molar-refractivity contribution in [2.45, 2.75) is 33.1 Å². The third kappa shape index (κ3) is 4.92. The second kappa shape index (κ2) is 7.64. The minimum atomic E-state index is 0.0249. The van der Waals surface area contributed by atoms with E-state index in [-0.39, 0.29) is 5.91 Å². The van der Waals surface area contributed by atoms with E-state index >= 15 is 0 Å². The molecule has 0 bridgehead atoms. The third-order valence-electron chi connectivity index (χ3n) is 3.56. The Morgan fingerprint density at radius 1 is 1.05 bits per heavy atom. The van der Waals surface area contributed by atoms with Crippen LogP contribution in [-0.2, 0) is 4.79 Å². The van der Waals surface area contributed by atoms with E-state index in [1.165, 1.54) is 5.56 Å². The number of aryl methyl sites for hydroxylation is 1. The number of rotatable bonds is 6. The van der Waals surface area contributed by atoms with Gasteiger partial charge in [-0.1, -0.05) is 38.1 Å². The molecule has 3 nitrogen and oxygen atoms in total. The van der Waals surface area contributed by atoms with E-state index in [0.29, 0.717) is 18.9 Å². The topological polar surface area (TPSA) is 41.1 Å². The van der Waals surface area contributed by atoms with Crippen molar-refractivity contribution in [2.24, 2.45) is 0 Å². The Kier molecular flexibility index (Phi) is 5.59. The quantitative estimate of drug-likeness (QED) is 0.820. The summed E-state index contributed by atoms with van der Waals surface area (Å²) >= 11 is 0. The van der Waals surface area contributed by atoms with Gasteiger partial charge in [-0.05, 0) is 48.2 Å². The van der Waals surface area contributed by atoms with Gasteiger partial charge in [-0.2, -0.15) is 0 Å². The second-order valence-corrected chi connectivity index (χ2v) is 5.87. The molecule has 2 aromatic rings. The highest BCUT2D eigenvalue weighted by molar-refractivity contribution is 5.91. The Morgan fingerprint density at radius 3 is 2.41 bits per heavy atom. The molecule has 0 atom stereocenters. The van der Waals surface area contributed by atoms with Gasteiger partial charge < -0.3 is 10.6 Å². The first kappa shape index (κ1) is 16.1. The van der Waals surface area contributed by atoms with Gasteiger partial charge in [0.15, 0.2) is 0 Å². The van der Waals surface area contributed by atoms with Crippen LogP contribution in [0.4, 0.5) is 11.4 Å². The molecule has 0 radical (unpaired) electrons. The molecule has 1 amide bonds. The molecule has 22 heavy (non-hydrogen) atoms. The first-order valence-corrected chi connectivity index (χ1v) is 7.75. The van der Waals surface area contributed by atoms with Gasteiger partial charge in [-0.25, -0.2) is 0 Å². The van der Waals surface area contributed by atoms with Gasteiger partial charge in [-0.15, -0.1) is 0 Å². The molecule has 0 saturated heterocycles. The Bertz CT molecular complexity index is 618.